The van der Waals surface area contributed by atoms with Gasteiger partial charge in [0.1, 0.15) is 11.2 Å². The molecule has 2 nitrogen and oxygen atoms in total. The standard InChI is InChI=1S/C53H33NO/c1-2-15-33(16-3-1)35-22-13-27-45-49(35)41-20-6-9-25-43(41)53(45)44-26-10-7-21-42(44)50-46(53)28-14-30-48(50)54-47-29-11-8-19-37(47)38-23-12-24-39-40-32-31-34-17-4-5-18-36(34)51(40)55-52(38)39/h1-32,54H. The summed E-state index contributed by atoms with van der Waals surface area (Å²) < 4.78 is 6.82. The first-order chi connectivity index (χ1) is 27.3. The molecule has 2 aliphatic carbocycles. The SMILES string of the molecule is c1ccc(-c2cccc3c2-c2ccccc2C32c3ccccc3-c3c(Nc4ccccc4-c4cccc5c4oc4c6ccccc6ccc54)cccc32)cc1. The Morgan fingerprint density at radius 2 is 0.873 bits per heavy atom. The van der Waals surface area contributed by atoms with Crippen molar-refractivity contribution < 1.29 is 4.42 Å². The third-order valence-electron chi connectivity index (χ3n) is 12.1. The Morgan fingerprint density at radius 1 is 0.327 bits per heavy atom. The van der Waals surface area contributed by atoms with Crippen LogP contribution in [0.5, 0.6) is 0 Å². The minimum Gasteiger partial charge on any atom is -0.455 e. The molecule has 0 saturated heterocycles. The highest BCUT2D eigenvalue weighted by Crippen LogP contribution is 2.65. The lowest BCUT2D eigenvalue weighted by Crippen LogP contribution is -2.25. The summed E-state index contributed by atoms with van der Waals surface area (Å²) in [5, 5.41) is 8.56. The zero-order chi connectivity index (χ0) is 36.1. The third-order valence-corrected chi connectivity index (χ3v) is 12.1. The molecular weight excluding hydrogens is 667 g/mol. The second kappa shape index (κ2) is 11.4. The smallest absolute Gasteiger partial charge is 0.143 e. The van der Waals surface area contributed by atoms with Gasteiger partial charge in [-0.05, 0) is 73.7 Å². The summed E-state index contributed by atoms with van der Waals surface area (Å²) in [7, 11) is 0. The molecule has 0 radical (unpaired) electrons. The lowest BCUT2D eigenvalue weighted by Gasteiger charge is -2.30. The molecule has 1 atom stereocenters. The van der Waals surface area contributed by atoms with Crippen molar-refractivity contribution >= 4 is 44.1 Å². The van der Waals surface area contributed by atoms with E-state index in [0.29, 0.717) is 0 Å². The van der Waals surface area contributed by atoms with Gasteiger partial charge < -0.3 is 9.73 Å². The van der Waals surface area contributed by atoms with Crippen molar-refractivity contribution in [2.24, 2.45) is 0 Å². The number of benzene rings is 9. The molecule has 1 aromatic heterocycles. The summed E-state index contributed by atoms with van der Waals surface area (Å²) in [6, 6.07) is 70.6. The van der Waals surface area contributed by atoms with Crippen molar-refractivity contribution in [2.75, 3.05) is 5.32 Å². The van der Waals surface area contributed by atoms with E-state index in [4.69, 9.17) is 4.42 Å². The van der Waals surface area contributed by atoms with Crippen molar-refractivity contribution in [3.05, 3.63) is 216 Å². The van der Waals surface area contributed by atoms with E-state index in [1.165, 1.54) is 61.0 Å². The van der Waals surface area contributed by atoms with Crippen LogP contribution in [-0.4, -0.2) is 0 Å². The van der Waals surface area contributed by atoms with Gasteiger partial charge in [0.05, 0.1) is 5.41 Å². The Balaban J connectivity index is 1.07. The van der Waals surface area contributed by atoms with Crippen LogP contribution in [0.4, 0.5) is 11.4 Å². The molecular formula is C53H33NO. The fraction of sp³-hybridized carbons (Fsp3) is 0.0189. The van der Waals surface area contributed by atoms with Gasteiger partial charge in [0.15, 0.2) is 0 Å². The van der Waals surface area contributed by atoms with Crippen LogP contribution in [-0.2, 0) is 5.41 Å². The average molecular weight is 700 g/mol. The highest BCUT2D eigenvalue weighted by atomic mass is 16.3. The van der Waals surface area contributed by atoms with Crippen LogP contribution in [0.15, 0.2) is 199 Å². The molecule has 0 saturated carbocycles. The molecule has 9 aromatic carbocycles. The van der Waals surface area contributed by atoms with Crippen LogP contribution in [0.1, 0.15) is 22.3 Å². The van der Waals surface area contributed by atoms with Gasteiger partial charge >= 0.3 is 0 Å². The van der Waals surface area contributed by atoms with Crippen molar-refractivity contribution in [3.8, 4) is 44.5 Å². The van der Waals surface area contributed by atoms with E-state index in [2.05, 4.69) is 199 Å². The van der Waals surface area contributed by atoms with E-state index >= 15 is 0 Å². The highest BCUT2D eigenvalue weighted by Gasteiger charge is 2.52. The summed E-state index contributed by atoms with van der Waals surface area (Å²) in [4.78, 5) is 0. The predicted octanol–water partition coefficient (Wildman–Crippen LogP) is 14.2. The second-order valence-corrected chi connectivity index (χ2v) is 14.8. The van der Waals surface area contributed by atoms with Crippen molar-refractivity contribution in [1.29, 1.82) is 0 Å². The fourth-order valence-corrected chi connectivity index (χ4v) is 9.91. The van der Waals surface area contributed by atoms with Crippen molar-refractivity contribution in [3.63, 3.8) is 0 Å². The highest BCUT2D eigenvalue weighted by molar-refractivity contribution is 6.17. The van der Waals surface area contributed by atoms with Crippen LogP contribution in [0, 0.1) is 0 Å². The summed E-state index contributed by atoms with van der Waals surface area (Å²) in [6.07, 6.45) is 0. The lowest BCUT2D eigenvalue weighted by atomic mass is 9.70. The minimum absolute atomic E-state index is 0.456. The number of fused-ring (bicyclic) bond motifs is 15. The first-order valence-corrected chi connectivity index (χ1v) is 19.0. The molecule has 2 heteroatoms. The first kappa shape index (κ1) is 30.3. The lowest BCUT2D eigenvalue weighted by molar-refractivity contribution is 0.674. The van der Waals surface area contributed by atoms with E-state index in [1.807, 2.05) is 0 Å². The third kappa shape index (κ3) is 4.08. The monoisotopic (exact) mass is 699 g/mol. The number of nitrogens with one attached hydrogen (secondary N) is 1. The molecule has 1 unspecified atom stereocenters. The van der Waals surface area contributed by atoms with Crippen LogP contribution < -0.4 is 5.32 Å². The number of para-hydroxylation sites is 2. The molecule has 1 spiro atoms. The number of furan rings is 1. The molecule has 0 bridgehead atoms. The Labute approximate surface area is 319 Å². The van der Waals surface area contributed by atoms with E-state index in [1.54, 1.807) is 0 Å². The zero-order valence-corrected chi connectivity index (χ0v) is 29.9. The molecule has 0 fully saturated rings. The van der Waals surface area contributed by atoms with Crippen LogP contribution in [0.3, 0.4) is 0 Å². The van der Waals surface area contributed by atoms with Gasteiger partial charge in [0, 0.05) is 44.2 Å². The van der Waals surface area contributed by atoms with Gasteiger partial charge in [0.2, 0.25) is 0 Å². The number of hydrogen-bond donors (Lipinski definition) is 1. The van der Waals surface area contributed by atoms with E-state index in [9.17, 15) is 0 Å². The van der Waals surface area contributed by atoms with Crippen LogP contribution in [0.25, 0.3) is 77.2 Å². The molecule has 10 aromatic rings. The largest absolute Gasteiger partial charge is 0.455 e. The normalized spacial score (nSPS) is 15.0. The summed E-state index contributed by atoms with van der Waals surface area (Å²) >= 11 is 0. The topological polar surface area (TPSA) is 25.2 Å². The number of hydrogen-bond acceptors (Lipinski definition) is 2. The second-order valence-electron chi connectivity index (χ2n) is 14.8. The predicted molar refractivity (Wildman–Crippen MR) is 228 cm³/mol. The molecule has 0 amide bonds. The maximum atomic E-state index is 6.82. The summed E-state index contributed by atoms with van der Waals surface area (Å²) in [5.74, 6) is 0. The van der Waals surface area contributed by atoms with Gasteiger partial charge in [-0.15, -0.1) is 0 Å². The summed E-state index contributed by atoms with van der Waals surface area (Å²) in [5.41, 5.74) is 18.6. The van der Waals surface area contributed by atoms with Gasteiger partial charge in [-0.25, -0.2) is 0 Å². The van der Waals surface area contributed by atoms with Gasteiger partial charge in [0.25, 0.3) is 0 Å². The zero-order valence-electron chi connectivity index (χ0n) is 29.9. The van der Waals surface area contributed by atoms with E-state index in [0.717, 1.165) is 49.8 Å². The molecule has 1 N–H and O–H groups in total. The molecule has 0 aliphatic heterocycles. The molecule has 256 valence electrons. The number of anilines is 2. The minimum atomic E-state index is -0.456. The maximum absolute atomic E-state index is 6.82. The van der Waals surface area contributed by atoms with Crippen molar-refractivity contribution in [2.45, 2.75) is 5.41 Å². The molecule has 1 heterocycles. The summed E-state index contributed by atoms with van der Waals surface area (Å²) in [6.45, 7) is 0. The fourth-order valence-electron chi connectivity index (χ4n) is 9.91. The molecule has 12 rings (SSSR count). The van der Waals surface area contributed by atoms with Crippen molar-refractivity contribution in [1.82, 2.24) is 0 Å². The van der Waals surface area contributed by atoms with E-state index in [-0.39, 0.29) is 0 Å². The van der Waals surface area contributed by atoms with E-state index < -0.39 is 5.41 Å². The maximum Gasteiger partial charge on any atom is 0.143 e. The number of rotatable bonds is 4. The van der Waals surface area contributed by atoms with Gasteiger partial charge in [-0.3, -0.25) is 0 Å². The Hall–Kier alpha value is -7.16. The van der Waals surface area contributed by atoms with Crippen LogP contribution >= 0.6 is 0 Å². The Kier molecular flexibility index (Phi) is 6.29. The molecule has 55 heavy (non-hydrogen) atoms. The van der Waals surface area contributed by atoms with Crippen LogP contribution in [0.2, 0.25) is 0 Å². The Bertz CT molecular complexity index is 3190. The van der Waals surface area contributed by atoms with Gasteiger partial charge in [-0.2, -0.15) is 0 Å². The first-order valence-electron chi connectivity index (χ1n) is 19.0. The van der Waals surface area contributed by atoms with Gasteiger partial charge in [-0.1, -0.05) is 176 Å². The average Bonchev–Trinajstić information content (AvgIpc) is 3.89. The molecule has 2 aliphatic rings. The quantitative estimate of drug-likeness (QED) is 0.198. The Morgan fingerprint density at radius 3 is 1.71 bits per heavy atom.